The molecule has 2 unspecified atom stereocenters. The average Bonchev–Trinajstić information content (AvgIpc) is 2.29. The lowest BCUT2D eigenvalue weighted by atomic mass is 9.97. The molecule has 2 aliphatic heterocycles. The molecule has 0 aliphatic carbocycles. The van der Waals surface area contributed by atoms with Crippen LogP contribution in [-0.2, 0) is 4.79 Å². The number of carbonyl (C=O) groups excluding carboxylic acids is 1. The lowest BCUT2D eigenvalue weighted by Crippen LogP contribution is -2.53. The number of rotatable bonds is 1. The second-order valence-electron chi connectivity index (χ2n) is 5.11. The fraction of sp³-hybridized carbons (Fsp3) is 0.917. The van der Waals surface area contributed by atoms with Crippen molar-refractivity contribution in [3.63, 3.8) is 0 Å². The molecule has 0 bridgehead atoms. The van der Waals surface area contributed by atoms with E-state index in [-0.39, 0.29) is 18.1 Å². The van der Waals surface area contributed by atoms with Gasteiger partial charge in [0.1, 0.15) is 0 Å². The number of likely N-dealkylation sites (tertiary alicyclic amines) is 1. The van der Waals surface area contributed by atoms with Crippen molar-refractivity contribution in [1.82, 2.24) is 10.2 Å². The van der Waals surface area contributed by atoms with Crippen molar-refractivity contribution >= 4 is 5.91 Å². The largest absolute Gasteiger partial charge is 0.393 e. The lowest BCUT2D eigenvalue weighted by Gasteiger charge is -2.35. The number of hydrogen-bond donors (Lipinski definition) is 2. The molecule has 0 radical (unpaired) electrons. The summed E-state index contributed by atoms with van der Waals surface area (Å²) in [5, 5.41) is 12.8. The van der Waals surface area contributed by atoms with Crippen LogP contribution in [0.4, 0.5) is 0 Å². The molecule has 0 aromatic rings. The smallest absolute Gasteiger partial charge is 0.239 e. The van der Waals surface area contributed by atoms with Gasteiger partial charge in [-0.1, -0.05) is 0 Å². The van der Waals surface area contributed by atoms with Crippen molar-refractivity contribution in [2.75, 3.05) is 13.1 Å². The highest BCUT2D eigenvalue weighted by molar-refractivity contribution is 5.82. The van der Waals surface area contributed by atoms with E-state index in [9.17, 15) is 9.90 Å². The van der Waals surface area contributed by atoms with Crippen LogP contribution in [-0.4, -0.2) is 47.2 Å². The average molecular weight is 226 g/mol. The van der Waals surface area contributed by atoms with Gasteiger partial charge in [-0.2, -0.15) is 0 Å². The molecule has 2 N–H and O–H groups in total. The first kappa shape index (κ1) is 11.9. The molecule has 2 fully saturated rings. The van der Waals surface area contributed by atoms with Gasteiger partial charge in [-0.3, -0.25) is 4.79 Å². The monoisotopic (exact) mass is 226 g/mol. The number of carbonyl (C=O) groups is 1. The van der Waals surface area contributed by atoms with E-state index < -0.39 is 0 Å². The standard InChI is InChI=1S/C12H22N2O2/c1-9-3-2-4-11(13-9)12(16)14-7-5-10(15)6-8-14/h9-11,13,15H,2-8H2,1H3. The van der Waals surface area contributed by atoms with Crippen molar-refractivity contribution in [1.29, 1.82) is 0 Å². The SMILES string of the molecule is CC1CCCC(C(=O)N2CCC(O)CC2)N1. The normalized spacial score (nSPS) is 32.8. The van der Waals surface area contributed by atoms with Crippen molar-refractivity contribution in [2.45, 2.75) is 57.2 Å². The van der Waals surface area contributed by atoms with Crippen LogP contribution in [0.1, 0.15) is 39.0 Å². The topological polar surface area (TPSA) is 52.6 Å². The molecule has 2 atom stereocenters. The first-order chi connectivity index (χ1) is 7.66. The third kappa shape index (κ3) is 2.74. The van der Waals surface area contributed by atoms with Gasteiger partial charge in [0.05, 0.1) is 12.1 Å². The Morgan fingerprint density at radius 3 is 2.56 bits per heavy atom. The summed E-state index contributed by atoms with van der Waals surface area (Å²) in [6.45, 7) is 3.57. The molecule has 0 spiro atoms. The van der Waals surface area contributed by atoms with Crippen molar-refractivity contribution in [3.8, 4) is 0 Å². The Labute approximate surface area is 97.0 Å². The van der Waals surface area contributed by atoms with E-state index in [1.807, 2.05) is 4.90 Å². The Kier molecular flexibility index (Phi) is 3.82. The fourth-order valence-electron chi connectivity index (χ4n) is 2.64. The van der Waals surface area contributed by atoms with Gasteiger partial charge in [-0.25, -0.2) is 0 Å². The highest BCUT2D eigenvalue weighted by atomic mass is 16.3. The van der Waals surface area contributed by atoms with E-state index in [1.165, 1.54) is 6.42 Å². The summed E-state index contributed by atoms with van der Waals surface area (Å²) in [4.78, 5) is 14.1. The number of nitrogens with one attached hydrogen (secondary N) is 1. The highest BCUT2D eigenvalue weighted by Crippen LogP contribution is 2.17. The molecule has 2 saturated heterocycles. The molecule has 4 nitrogen and oxygen atoms in total. The summed E-state index contributed by atoms with van der Waals surface area (Å²) in [6.07, 6.45) is 4.52. The second-order valence-corrected chi connectivity index (χ2v) is 5.11. The maximum absolute atomic E-state index is 12.2. The lowest BCUT2D eigenvalue weighted by molar-refractivity contribution is -0.136. The van der Waals surface area contributed by atoms with E-state index in [4.69, 9.17) is 0 Å². The first-order valence-corrected chi connectivity index (χ1v) is 6.39. The van der Waals surface area contributed by atoms with Crippen LogP contribution < -0.4 is 5.32 Å². The van der Waals surface area contributed by atoms with Gasteiger partial charge in [0, 0.05) is 19.1 Å². The second kappa shape index (κ2) is 5.15. The molecule has 2 rings (SSSR count). The van der Waals surface area contributed by atoms with Gasteiger partial charge in [-0.15, -0.1) is 0 Å². The minimum Gasteiger partial charge on any atom is -0.393 e. The van der Waals surface area contributed by atoms with Crippen LogP contribution in [0.15, 0.2) is 0 Å². The summed E-state index contributed by atoms with van der Waals surface area (Å²) < 4.78 is 0. The van der Waals surface area contributed by atoms with Crippen LogP contribution in [0.3, 0.4) is 0 Å². The first-order valence-electron chi connectivity index (χ1n) is 6.39. The molecule has 16 heavy (non-hydrogen) atoms. The van der Waals surface area contributed by atoms with Crippen LogP contribution >= 0.6 is 0 Å². The molecule has 0 aromatic heterocycles. The number of aliphatic hydroxyl groups is 1. The Morgan fingerprint density at radius 2 is 1.94 bits per heavy atom. The molecule has 1 amide bonds. The van der Waals surface area contributed by atoms with Gasteiger partial charge in [0.25, 0.3) is 0 Å². The van der Waals surface area contributed by atoms with Crippen LogP contribution in [0, 0.1) is 0 Å². The molecular weight excluding hydrogens is 204 g/mol. The Morgan fingerprint density at radius 1 is 1.25 bits per heavy atom. The summed E-state index contributed by atoms with van der Waals surface area (Å²) >= 11 is 0. The molecule has 0 saturated carbocycles. The van der Waals surface area contributed by atoms with Gasteiger partial charge in [0.2, 0.25) is 5.91 Å². The van der Waals surface area contributed by atoms with E-state index in [2.05, 4.69) is 12.2 Å². The predicted octanol–water partition coefficient (Wildman–Crippen LogP) is 0.500. The van der Waals surface area contributed by atoms with E-state index in [0.29, 0.717) is 19.1 Å². The Bertz CT molecular complexity index is 249. The molecular formula is C12H22N2O2. The minimum absolute atomic E-state index is 0.0130. The molecule has 92 valence electrons. The predicted molar refractivity (Wildman–Crippen MR) is 62.1 cm³/mol. The summed E-state index contributed by atoms with van der Waals surface area (Å²) in [6, 6.07) is 0.470. The third-order valence-electron chi connectivity index (χ3n) is 3.69. The number of aliphatic hydroxyl groups excluding tert-OH is 1. The Hall–Kier alpha value is -0.610. The molecule has 2 heterocycles. The number of hydrogen-bond acceptors (Lipinski definition) is 3. The van der Waals surface area contributed by atoms with E-state index >= 15 is 0 Å². The maximum Gasteiger partial charge on any atom is 0.239 e. The molecule has 4 heteroatoms. The zero-order chi connectivity index (χ0) is 11.5. The van der Waals surface area contributed by atoms with Gasteiger partial charge < -0.3 is 15.3 Å². The fourth-order valence-corrected chi connectivity index (χ4v) is 2.64. The zero-order valence-corrected chi connectivity index (χ0v) is 9.98. The number of nitrogens with zero attached hydrogens (tertiary/aromatic N) is 1. The quantitative estimate of drug-likeness (QED) is 0.684. The molecule has 0 aromatic carbocycles. The minimum atomic E-state index is -0.206. The van der Waals surface area contributed by atoms with Crippen molar-refractivity contribution in [2.24, 2.45) is 0 Å². The highest BCUT2D eigenvalue weighted by Gasteiger charge is 2.29. The van der Waals surface area contributed by atoms with Crippen LogP contribution in [0.5, 0.6) is 0 Å². The van der Waals surface area contributed by atoms with E-state index in [1.54, 1.807) is 0 Å². The van der Waals surface area contributed by atoms with E-state index in [0.717, 1.165) is 25.7 Å². The van der Waals surface area contributed by atoms with Gasteiger partial charge >= 0.3 is 0 Å². The van der Waals surface area contributed by atoms with Crippen molar-refractivity contribution < 1.29 is 9.90 Å². The van der Waals surface area contributed by atoms with Crippen molar-refractivity contribution in [3.05, 3.63) is 0 Å². The molecule has 2 aliphatic rings. The number of piperidine rings is 2. The number of amides is 1. The van der Waals surface area contributed by atoms with Gasteiger partial charge in [-0.05, 0) is 39.0 Å². The van der Waals surface area contributed by atoms with Crippen LogP contribution in [0.2, 0.25) is 0 Å². The summed E-state index contributed by atoms with van der Waals surface area (Å²) in [5.74, 6) is 0.235. The maximum atomic E-state index is 12.2. The summed E-state index contributed by atoms with van der Waals surface area (Å²) in [5.41, 5.74) is 0. The zero-order valence-electron chi connectivity index (χ0n) is 9.98. The summed E-state index contributed by atoms with van der Waals surface area (Å²) in [7, 11) is 0. The third-order valence-corrected chi connectivity index (χ3v) is 3.69. The van der Waals surface area contributed by atoms with Gasteiger partial charge in [0.15, 0.2) is 0 Å². The Balaban J connectivity index is 1.86. The van der Waals surface area contributed by atoms with Crippen LogP contribution in [0.25, 0.3) is 0 Å².